The van der Waals surface area contributed by atoms with Gasteiger partial charge in [-0.05, 0) is 23.6 Å². The first-order valence-corrected chi connectivity index (χ1v) is 10.1. The van der Waals surface area contributed by atoms with Gasteiger partial charge in [-0.2, -0.15) is 4.98 Å². The molecule has 0 unspecified atom stereocenters. The van der Waals surface area contributed by atoms with Gasteiger partial charge in [-0.15, -0.1) is 11.3 Å². The van der Waals surface area contributed by atoms with Gasteiger partial charge in [0.05, 0.1) is 24.4 Å². The Morgan fingerprint density at radius 3 is 2.07 bits per heavy atom. The van der Waals surface area contributed by atoms with Crippen LogP contribution in [0.4, 0.5) is 11.8 Å². The molecule has 7 heteroatoms. The highest BCUT2D eigenvalue weighted by molar-refractivity contribution is 7.17. The van der Waals surface area contributed by atoms with Crippen LogP contribution in [0.3, 0.4) is 0 Å². The number of fused-ring (bicyclic) bond motifs is 1. The van der Waals surface area contributed by atoms with Crippen LogP contribution in [0.1, 0.15) is 11.1 Å². The summed E-state index contributed by atoms with van der Waals surface area (Å²) in [6.07, 6.45) is 0. The number of rotatable bonds is 8. The van der Waals surface area contributed by atoms with Crippen molar-refractivity contribution in [1.29, 1.82) is 0 Å². The lowest BCUT2D eigenvalue weighted by Crippen LogP contribution is -2.08. The van der Waals surface area contributed by atoms with Gasteiger partial charge < -0.3 is 20.1 Å². The van der Waals surface area contributed by atoms with Crippen LogP contribution in [0, 0.1) is 0 Å². The number of hydrogen-bond acceptors (Lipinski definition) is 7. The average Bonchev–Trinajstić information content (AvgIpc) is 3.25. The highest BCUT2D eigenvalue weighted by Gasteiger charge is 2.11. The van der Waals surface area contributed by atoms with Crippen molar-refractivity contribution in [3.05, 3.63) is 71.1 Å². The number of methoxy groups -OCH3 is 2. The van der Waals surface area contributed by atoms with Gasteiger partial charge >= 0.3 is 0 Å². The lowest BCUT2D eigenvalue weighted by molar-refractivity contribution is 0.410. The third-order valence-electron chi connectivity index (χ3n) is 4.57. The molecule has 0 fully saturated rings. The normalized spacial score (nSPS) is 10.7. The van der Waals surface area contributed by atoms with Crippen molar-refractivity contribution in [2.75, 3.05) is 24.9 Å². The first-order chi connectivity index (χ1) is 14.3. The maximum atomic E-state index is 5.44. The summed E-state index contributed by atoms with van der Waals surface area (Å²) in [6, 6.07) is 17.9. The number of thiophene rings is 1. The fourth-order valence-corrected chi connectivity index (χ4v) is 3.91. The summed E-state index contributed by atoms with van der Waals surface area (Å²) >= 11 is 1.62. The Bertz CT molecular complexity index is 1110. The fraction of sp³-hybridized carbons (Fsp3) is 0.182. The maximum absolute atomic E-state index is 5.44. The molecule has 0 amide bonds. The Morgan fingerprint density at radius 2 is 1.41 bits per heavy atom. The van der Waals surface area contributed by atoms with Crippen molar-refractivity contribution in [2.45, 2.75) is 13.1 Å². The molecule has 0 aliphatic heterocycles. The van der Waals surface area contributed by atoms with Gasteiger partial charge in [0.25, 0.3) is 0 Å². The van der Waals surface area contributed by atoms with Gasteiger partial charge in [0, 0.05) is 24.2 Å². The highest BCUT2D eigenvalue weighted by Crippen LogP contribution is 2.29. The number of benzene rings is 2. The smallest absolute Gasteiger partial charge is 0.225 e. The van der Waals surface area contributed by atoms with E-state index in [-0.39, 0.29) is 0 Å². The number of hydrogen-bond donors (Lipinski definition) is 2. The second-order valence-corrected chi connectivity index (χ2v) is 7.28. The van der Waals surface area contributed by atoms with Crippen molar-refractivity contribution in [2.24, 2.45) is 0 Å². The topological polar surface area (TPSA) is 68.3 Å². The maximum Gasteiger partial charge on any atom is 0.225 e. The summed E-state index contributed by atoms with van der Waals surface area (Å²) in [6.45, 7) is 1.19. The Labute approximate surface area is 173 Å². The third-order valence-corrected chi connectivity index (χ3v) is 5.48. The third kappa shape index (κ3) is 4.25. The molecule has 4 aromatic rings. The van der Waals surface area contributed by atoms with Gasteiger partial charge in [0.15, 0.2) is 0 Å². The monoisotopic (exact) mass is 406 g/mol. The van der Waals surface area contributed by atoms with E-state index in [0.717, 1.165) is 38.7 Å². The van der Waals surface area contributed by atoms with E-state index in [4.69, 9.17) is 14.5 Å². The summed E-state index contributed by atoms with van der Waals surface area (Å²) in [7, 11) is 3.35. The average molecular weight is 407 g/mol. The molecule has 0 saturated carbocycles. The molecule has 6 nitrogen and oxygen atoms in total. The minimum atomic E-state index is 0.573. The van der Waals surface area contributed by atoms with Gasteiger partial charge in [-0.1, -0.05) is 36.4 Å². The molecule has 2 aromatic carbocycles. The van der Waals surface area contributed by atoms with Crippen LogP contribution in [0.2, 0.25) is 0 Å². The second kappa shape index (κ2) is 8.79. The number of ether oxygens (including phenoxy) is 2. The minimum absolute atomic E-state index is 0.573. The summed E-state index contributed by atoms with van der Waals surface area (Å²) in [5.74, 6) is 3.07. The van der Waals surface area contributed by atoms with Gasteiger partial charge in [0.1, 0.15) is 17.3 Å². The number of aromatic nitrogens is 2. The molecule has 0 radical (unpaired) electrons. The fourth-order valence-electron chi connectivity index (χ4n) is 3.11. The summed E-state index contributed by atoms with van der Waals surface area (Å²) in [5.41, 5.74) is 3.03. The molecular weight excluding hydrogens is 384 g/mol. The quantitative estimate of drug-likeness (QED) is 0.432. The van der Waals surface area contributed by atoms with Crippen molar-refractivity contribution in [3.63, 3.8) is 0 Å². The Balaban J connectivity index is 1.55. The molecule has 0 aliphatic rings. The van der Waals surface area contributed by atoms with Crippen molar-refractivity contribution in [3.8, 4) is 11.5 Å². The minimum Gasteiger partial charge on any atom is -0.496 e. The number of para-hydroxylation sites is 2. The van der Waals surface area contributed by atoms with E-state index in [0.29, 0.717) is 19.0 Å². The van der Waals surface area contributed by atoms with Crippen molar-refractivity contribution in [1.82, 2.24) is 9.97 Å². The molecule has 2 aromatic heterocycles. The van der Waals surface area contributed by atoms with E-state index in [1.807, 2.05) is 60.0 Å². The van der Waals surface area contributed by atoms with Crippen LogP contribution in [0.5, 0.6) is 11.5 Å². The summed E-state index contributed by atoms with van der Waals surface area (Å²) in [4.78, 5) is 9.35. The molecule has 0 atom stereocenters. The first kappa shape index (κ1) is 19.0. The largest absolute Gasteiger partial charge is 0.496 e. The van der Waals surface area contributed by atoms with Crippen LogP contribution in [-0.4, -0.2) is 24.2 Å². The molecule has 0 spiro atoms. The van der Waals surface area contributed by atoms with E-state index >= 15 is 0 Å². The standard InChI is InChI=1S/C22H22N4O2S/c1-27-18-9-5-3-7-15(18)13-23-21-20-17(11-12-29-20)25-22(26-21)24-14-16-8-4-6-10-19(16)28-2/h3-12H,13-14H2,1-2H3,(H2,23,24,25,26). The first-order valence-electron chi connectivity index (χ1n) is 9.25. The van der Waals surface area contributed by atoms with Crippen molar-refractivity contribution >= 4 is 33.3 Å². The van der Waals surface area contributed by atoms with E-state index < -0.39 is 0 Å². The molecule has 2 heterocycles. The van der Waals surface area contributed by atoms with Crippen LogP contribution in [-0.2, 0) is 13.1 Å². The summed E-state index contributed by atoms with van der Waals surface area (Å²) < 4.78 is 11.9. The Kier molecular flexibility index (Phi) is 5.76. The molecule has 0 bridgehead atoms. The van der Waals surface area contributed by atoms with Crippen LogP contribution in [0.15, 0.2) is 60.0 Å². The van der Waals surface area contributed by atoms with E-state index in [1.165, 1.54) is 0 Å². The van der Waals surface area contributed by atoms with Crippen LogP contribution < -0.4 is 20.1 Å². The molecule has 2 N–H and O–H groups in total. The number of anilines is 2. The zero-order valence-corrected chi connectivity index (χ0v) is 17.1. The van der Waals surface area contributed by atoms with Crippen LogP contribution in [0.25, 0.3) is 10.2 Å². The lowest BCUT2D eigenvalue weighted by atomic mass is 10.2. The Hall–Kier alpha value is -3.32. The van der Waals surface area contributed by atoms with E-state index in [9.17, 15) is 0 Å². The predicted molar refractivity (Wildman–Crippen MR) is 118 cm³/mol. The van der Waals surface area contributed by atoms with Gasteiger partial charge in [0.2, 0.25) is 5.95 Å². The molecule has 0 aliphatic carbocycles. The second-order valence-electron chi connectivity index (χ2n) is 6.36. The number of nitrogens with zero attached hydrogens (tertiary/aromatic N) is 2. The van der Waals surface area contributed by atoms with Gasteiger partial charge in [-0.3, -0.25) is 0 Å². The zero-order valence-electron chi connectivity index (χ0n) is 16.3. The Morgan fingerprint density at radius 1 is 0.793 bits per heavy atom. The summed E-state index contributed by atoms with van der Waals surface area (Å²) in [5, 5.41) is 8.78. The van der Waals surface area contributed by atoms with Gasteiger partial charge in [-0.25, -0.2) is 4.98 Å². The lowest BCUT2D eigenvalue weighted by Gasteiger charge is -2.13. The molecule has 0 saturated heterocycles. The molecule has 29 heavy (non-hydrogen) atoms. The molecular formula is C22H22N4O2S. The number of nitrogens with one attached hydrogen (secondary N) is 2. The van der Waals surface area contributed by atoms with E-state index in [2.05, 4.69) is 15.6 Å². The van der Waals surface area contributed by atoms with Crippen molar-refractivity contribution < 1.29 is 9.47 Å². The zero-order chi connectivity index (χ0) is 20.1. The molecule has 148 valence electrons. The molecule has 4 rings (SSSR count). The van der Waals surface area contributed by atoms with E-state index in [1.54, 1.807) is 25.6 Å². The highest BCUT2D eigenvalue weighted by atomic mass is 32.1. The predicted octanol–water partition coefficient (Wildman–Crippen LogP) is 4.93. The van der Waals surface area contributed by atoms with Crippen LogP contribution >= 0.6 is 11.3 Å². The SMILES string of the molecule is COc1ccccc1CNc1nc(NCc2ccccc2OC)c2sccc2n1.